The van der Waals surface area contributed by atoms with Gasteiger partial charge in [-0.2, -0.15) is 5.10 Å². The molecule has 0 N–H and O–H groups in total. The van der Waals surface area contributed by atoms with E-state index in [2.05, 4.69) is 21.9 Å². The lowest BCUT2D eigenvalue weighted by Gasteiger charge is -2.34. The Balaban J connectivity index is 1.13. The van der Waals surface area contributed by atoms with E-state index in [1.165, 1.54) is 25.6 Å². The Hall–Kier alpha value is -3.46. The molecule has 34 heavy (non-hydrogen) atoms. The monoisotopic (exact) mass is 462 g/mol. The quantitative estimate of drug-likeness (QED) is 0.502. The zero-order chi connectivity index (χ0) is 23.5. The Bertz CT molecular complexity index is 1160. The molecule has 1 atom stereocenters. The normalized spacial score (nSPS) is 19.2. The molecule has 0 aliphatic carbocycles. The van der Waals surface area contributed by atoms with Gasteiger partial charge in [0.15, 0.2) is 5.65 Å². The third-order valence-electron chi connectivity index (χ3n) is 6.71. The Morgan fingerprint density at radius 1 is 1.18 bits per heavy atom. The zero-order valence-electron chi connectivity index (χ0n) is 19.5. The van der Waals surface area contributed by atoms with Gasteiger partial charge in [0.1, 0.15) is 17.9 Å². The van der Waals surface area contributed by atoms with E-state index in [1.807, 2.05) is 24.3 Å². The summed E-state index contributed by atoms with van der Waals surface area (Å²) in [5, 5.41) is 4.17. The van der Waals surface area contributed by atoms with Gasteiger partial charge in [-0.25, -0.2) is 9.50 Å². The van der Waals surface area contributed by atoms with Crippen molar-refractivity contribution >= 4 is 23.1 Å². The minimum atomic E-state index is -0.228. The SMILES string of the molecule is CC1CCCN1CCCOc1ccc(N2CCN(C(=O)c3cnn4cccnc34)CC2=O)cc1. The first-order valence-corrected chi connectivity index (χ1v) is 11.9. The van der Waals surface area contributed by atoms with Crippen LogP contribution >= 0.6 is 0 Å². The zero-order valence-corrected chi connectivity index (χ0v) is 19.5. The maximum absolute atomic E-state index is 13.0. The Labute approximate surface area is 198 Å². The molecule has 9 nitrogen and oxygen atoms in total. The molecule has 2 aliphatic rings. The number of ether oxygens (including phenoxy) is 1. The molecule has 3 aromatic rings. The van der Waals surface area contributed by atoms with Crippen molar-refractivity contribution in [1.82, 2.24) is 24.4 Å². The number of carbonyl (C=O) groups is 2. The summed E-state index contributed by atoms with van der Waals surface area (Å²) in [5.41, 5.74) is 1.71. The molecule has 2 fully saturated rings. The minimum Gasteiger partial charge on any atom is -0.494 e. The lowest BCUT2D eigenvalue weighted by atomic mass is 10.2. The number of anilines is 1. The number of rotatable bonds is 7. The summed E-state index contributed by atoms with van der Waals surface area (Å²) in [6.45, 7) is 6.14. The van der Waals surface area contributed by atoms with Crippen LogP contribution in [-0.4, -0.2) is 81.6 Å². The second-order valence-electron chi connectivity index (χ2n) is 8.94. The van der Waals surface area contributed by atoms with Crippen molar-refractivity contribution in [2.45, 2.75) is 32.2 Å². The molecule has 2 aliphatic heterocycles. The average molecular weight is 463 g/mol. The molecule has 1 unspecified atom stereocenters. The lowest BCUT2D eigenvalue weighted by Crippen LogP contribution is -2.52. The fourth-order valence-electron chi connectivity index (χ4n) is 4.77. The van der Waals surface area contributed by atoms with Gasteiger partial charge in [-0.1, -0.05) is 0 Å². The molecule has 1 aromatic carbocycles. The number of carbonyl (C=O) groups excluding carboxylic acids is 2. The van der Waals surface area contributed by atoms with E-state index < -0.39 is 0 Å². The van der Waals surface area contributed by atoms with Crippen LogP contribution in [0.3, 0.4) is 0 Å². The van der Waals surface area contributed by atoms with E-state index in [0.29, 0.717) is 36.9 Å². The summed E-state index contributed by atoms with van der Waals surface area (Å²) < 4.78 is 7.46. The Morgan fingerprint density at radius 2 is 2.03 bits per heavy atom. The summed E-state index contributed by atoms with van der Waals surface area (Å²) in [6.07, 6.45) is 8.46. The van der Waals surface area contributed by atoms with Gasteiger partial charge < -0.3 is 19.4 Å². The second kappa shape index (κ2) is 9.80. The molecule has 0 spiro atoms. The number of aromatic nitrogens is 3. The number of piperazine rings is 1. The van der Waals surface area contributed by atoms with Crippen molar-refractivity contribution < 1.29 is 14.3 Å². The van der Waals surface area contributed by atoms with Crippen LogP contribution in [-0.2, 0) is 4.79 Å². The van der Waals surface area contributed by atoms with Crippen molar-refractivity contribution in [3.05, 3.63) is 54.5 Å². The largest absolute Gasteiger partial charge is 0.494 e. The molecule has 2 saturated heterocycles. The predicted octanol–water partition coefficient (Wildman–Crippen LogP) is 2.47. The molecule has 2 aromatic heterocycles. The molecule has 0 bridgehead atoms. The van der Waals surface area contributed by atoms with Crippen molar-refractivity contribution in [3.63, 3.8) is 0 Å². The number of likely N-dealkylation sites (tertiary alicyclic amines) is 1. The van der Waals surface area contributed by atoms with Crippen LogP contribution in [0.2, 0.25) is 0 Å². The smallest absolute Gasteiger partial charge is 0.259 e. The van der Waals surface area contributed by atoms with E-state index in [9.17, 15) is 9.59 Å². The molecule has 9 heteroatoms. The lowest BCUT2D eigenvalue weighted by molar-refractivity contribution is -0.120. The fraction of sp³-hybridized carbons (Fsp3) is 0.440. The second-order valence-corrected chi connectivity index (χ2v) is 8.94. The van der Waals surface area contributed by atoms with Crippen LogP contribution in [0.5, 0.6) is 5.75 Å². The molecule has 2 amide bonds. The van der Waals surface area contributed by atoms with E-state index in [4.69, 9.17) is 4.74 Å². The third-order valence-corrected chi connectivity index (χ3v) is 6.71. The maximum atomic E-state index is 13.0. The summed E-state index contributed by atoms with van der Waals surface area (Å²) in [6, 6.07) is 10.1. The first-order valence-electron chi connectivity index (χ1n) is 11.9. The third kappa shape index (κ3) is 4.61. The van der Waals surface area contributed by atoms with Gasteiger partial charge in [0.05, 0.1) is 12.8 Å². The van der Waals surface area contributed by atoms with Crippen molar-refractivity contribution in [2.75, 3.05) is 44.2 Å². The molecule has 5 rings (SSSR count). The number of benzene rings is 1. The van der Waals surface area contributed by atoms with E-state index in [0.717, 1.165) is 24.4 Å². The van der Waals surface area contributed by atoms with Crippen molar-refractivity contribution in [2.24, 2.45) is 0 Å². The van der Waals surface area contributed by atoms with Gasteiger partial charge in [-0.3, -0.25) is 9.59 Å². The predicted molar refractivity (Wildman–Crippen MR) is 128 cm³/mol. The van der Waals surface area contributed by atoms with Crippen LogP contribution < -0.4 is 9.64 Å². The van der Waals surface area contributed by atoms with Crippen LogP contribution in [0.25, 0.3) is 5.65 Å². The molecule has 0 radical (unpaired) electrons. The number of fused-ring (bicyclic) bond motifs is 1. The first kappa shape index (κ1) is 22.3. The van der Waals surface area contributed by atoms with Gasteiger partial charge in [-0.05, 0) is 63.1 Å². The highest BCUT2D eigenvalue weighted by atomic mass is 16.5. The summed E-state index contributed by atoms with van der Waals surface area (Å²) in [4.78, 5) is 35.9. The fourth-order valence-corrected chi connectivity index (χ4v) is 4.77. The number of hydrogen-bond acceptors (Lipinski definition) is 6. The van der Waals surface area contributed by atoms with E-state index in [1.54, 1.807) is 32.8 Å². The summed E-state index contributed by atoms with van der Waals surface area (Å²) in [7, 11) is 0. The highest BCUT2D eigenvalue weighted by molar-refractivity contribution is 6.04. The molecule has 178 valence electrons. The van der Waals surface area contributed by atoms with Gasteiger partial charge >= 0.3 is 0 Å². The van der Waals surface area contributed by atoms with Crippen LogP contribution in [0.15, 0.2) is 48.9 Å². The number of amides is 2. The van der Waals surface area contributed by atoms with Gasteiger partial charge in [-0.15, -0.1) is 0 Å². The molecule has 4 heterocycles. The summed E-state index contributed by atoms with van der Waals surface area (Å²) in [5.74, 6) is 0.464. The molecular formula is C25H30N6O3. The van der Waals surface area contributed by atoms with Gasteiger partial charge in [0.2, 0.25) is 5.91 Å². The molecule has 0 saturated carbocycles. The van der Waals surface area contributed by atoms with Crippen LogP contribution in [0.1, 0.15) is 36.5 Å². The van der Waals surface area contributed by atoms with Crippen LogP contribution in [0, 0.1) is 0 Å². The first-order chi connectivity index (χ1) is 16.6. The Kier molecular flexibility index (Phi) is 6.44. The highest BCUT2D eigenvalue weighted by Gasteiger charge is 2.30. The van der Waals surface area contributed by atoms with Crippen molar-refractivity contribution in [3.8, 4) is 5.75 Å². The van der Waals surface area contributed by atoms with Crippen molar-refractivity contribution in [1.29, 1.82) is 0 Å². The number of hydrogen-bond donors (Lipinski definition) is 0. The Morgan fingerprint density at radius 3 is 2.79 bits per heavy atom. The minimum absolute atomic E-state index is 0.0240. The molecular weight excluding hydrogens is 432 g/mol. The van der Waals surface area contributed by atoms with Gasteiger partial charge in [0, 0.05) is 43.8 Å². The van der Waals surface area contributed by atoms with Gasteiger partial charge in [0.25, 0.3) is 5.91 Å². The van der Waals surface area contributed by atoms with E-state index in [-0.39, 0.29) is 18.4 Å². The topological polar surface area (TPSA) is 83.3 Å². The standard InChI is InChI=1S/C25H30N6O3/c1-19-5-2-11-28(19)12-4-16-34-21-8-6-20(7-9-21)30-15-14-29(18-23(30)32)25(33)22-17-27-31-13-3-10-26-24(22)31/h3,6-10,13,17,19H,2,4-5,11-12,14-16,18H2,1H3. The average Bonchev–Trinajstić information content (AvgIpc) is 3.48. The summed E-state index contributed by atoms with van der Waals surface area (Å²) >= 11 is 0. The maximum Gasteiger partial charge on any atom is 0.259 e. The van der Waals surface area contributed by atoms with Crippen LogP contribution in [0.4, 0.5) is 5.69 Å². The van der Waals surface area contributed by atoms with E-state index >= 15 is 0 Å². The highest BCUT2D eigenvalue weighted by Crippen LogP contribution is 2.23. The number of nitrogens with zero attached hydrogens (tertiary/aromatic N) is 6.